The van der Waals surface area contributed by atoms with Crippen LogP contribution in [0, 0.1) is 0 Å². The van der Waals surface area contributed by atoms with Gasteiger partial charge in [-0.15, -0.1) is 0 Å². The molecule has 2 N–H and O–H groups in total. The molecule has 0 aliphatic rings. The van der Waals surface area contributed by atoms with Crippen molar-refractivity contribution in [3.63, 3.8) is 0 Å². The summed E-state index contributed by atoms with van der Waals surface area (Å²) in [4.78, 5) is 11.1. The van der Waals surface area contributed by atoms with Crippen LogP contribution in [-0.4, -0.2) is 29.4 Å². The molecular weight excluding hydrogens is 311 g/mol. The number of hydrogen-bond acceptors (Lipinski definition) is 3. The Kier molecular flexibility index (Phi) is 5.91. The molecule has 0 amide bonds. The lowest BCUT2D eigenvalue weighted by molar-refractivity contribution is -0.151. The van der Waals surface area contributed by atoms with Crippen LogP contribution in [0.3, 0.4) is 0 Å². The van der Waals surface area contributed by atoms with Gasteiger partial charge in [0.25, 0.3) is 0 Å². The molecule has 17 heavy (non-hydrogen) atoms. The van der Waals surface area contributed by atoms with E-state index in [4.69, 9.17) is 26.6 Å². The third-order valence-electron chi connectivity index (χ3n) is 2.05. The minimum atomic E-state index is -1.09. The Bertz CT molecular complexity index is 397. The molecule has 0 aliphatic heterocycles. The Balaban J connectivity index is 2.89. The predicted molar refractivity (Wildman–Crippen MR) is 67.2 cm³/mol. The number of ether oxygens (including phenoxy) is 1. The fraction of sp³-hybridized carbons (Fsp3) is 0.364. The van der Waals surface area contributed by atoms with Crippen molar-refractivity contribution >= 4 is 33.5 Å². The van der Waals surface area contributed by atoms with E-state index in [0.29, 0.717) is 21.5 Å². The zero-order valence-electron chi connectivity index (χ0n) is 8.90. The van der Waals surface area contributed by atoms with Gasteiger partial charge in [-0.05, 0) is 24.6 Å². The molecular formula is C11H12BrClO4. The molecule has 1 aromatic carbocycles. The van der Waals surface area contributed by atoms with Crippen LogP contribution in [0.4, 0.5) is 0 Å². The summed E-state index contributed by atoms with van der Waals surface area (Å²) in [6.45, 7) is 0.134. The van der Waals surface area contributed by atoms with Crippen molar-refractivity contribution in [1.29, 1.82) is 0 Å². The molecule has 1 atom stereocenters. The first kappa shape index (κ1) is 14.4. The largest absolute Gasteiger partial charge is 0.479 e. The summed E-state index contributed by atoms with van der Waals surface area (Å²) in [5.74, 6) is -1.09. The minimum Gasteiger partial charge on any atom is -0.479 e. The van der Waals surface area contributed by atoms with Crippen molar-refractivity contribution in [3.8, 4) is 0 Å². The molecule has 1 unspecified atom stereocenters. The van der Waals surface area contributed by atoms with E-state index in [1.807, 2.05) is 0 Å². The van der Waals surface area contributed by atoms with Crippen LogP contribution in [0.15, 0.2) is 22.7 Å². The van der Waals surface area contributed by atoms with E-state index in [0.717, 1.165) is 0 Å². The van der Waals surface area contributed by atoms with E-state index in [1.165, 1.54) is 0 Å². The van der Waals surface area contributed by atoms with Crippen molar-refractivity contribution < 1.29 is 19.7 Å². The molecule has 6 heteroatoms. The maximum absolute atomic E-state index is 11.1. The third kappa shape index (κ3) is 4.27. The molecule has 4 nitrogen and oxygen atoms in total. The second kappa shape index (κ2) is 6.96. The van der Waals surface area contributed by atoms with Crippen molar-refractivity contribution in [1.82, 2.24) is 0 Å². The topological polar surface area (TPSA) is 66.8 Å². The highest BCUT2D eigenvalue weighted by Crippen LogP contribution is 2.29. The molecule has 1 aromatic rings. The number of aliphatic carboxylic acids is 1. The summed E-state index contributed by atoms with van der Waals surface area (Å²) in [5.41, 5.74) is 0.461. The van der Waals surface area contributed by atoms with Crippen molar-refractivity contribution in [3.05, 3.63) is 33.3 Å². The summed E-state index contributed by atoms with van der Waals surface area (Å²) in [6, 6.07) is 4.87. The van der Waals surface area contributed by atoms with Crippen molar-refractivity contribution in [2.75, 3.05) is 13.2 Å². The van der Waals surface area contributed by atoms with Gasteiger partial charge in [0.1, 0.15) is 0 Å². The van der Waals surface area contributed by atoms with Gasteiger partial charge >= 0.3 is 5.97 Å². The first-order chi connectivity index (χ1) is 8.06. The summed E-state index contributed by atoms with van der Waals surface area (Å²) in [5, 5.41) is 18.2. The zero-order chi connectivity index (χ0) is 12.8. The lowest BCUT2D eigenvalue weighted by Gasteiger charge is -2.15. The molecule has 0 radical (unpaired) electrons. The van der Waals surface area contributed by atoms with Crippen molar-refractivity contribution in [2.45, 2.75) is 12.5 Å². The van der Waals surface area contributed by atoms with Gasteiger partial charge in [-0.2, -0.15) is 0 Å². The zero-order valence-corrected chi connectivity index (χ0v) is 11.2. The number of aliphatic hydroxyl groups excluding tert-OH is 1. The number of carbonyl (C=O) groups is 1. The fourth-order valence-corrected chi connectivity index (χ4v) is 1.91. The van der Waals surface area contributed by atoms with Crippen LogP contribution in [0.5, 0.6) is 0 Å². The van der Waals surface area contributed by atoms with E-state index in [9.17, 15) is 4.79 Å². The van der Waals surface area contributed by atoms with E-state index in [1.54, 1.807) is 18.2 Å². The Morgan fingerprint density at radius 3 is 2.82 bits per heavy atom. The maximum atomic E-state index is 11.1. The molecule has 0 saturated carbocycles. The second-order valence-corrected chi connectivity index (χ2v) is 4.62. The van der Waals surface area contributed by atoms with Crippen LogP contribution < -0.4 is 0 Å². The highest BCUT2D eigenvalue weighted by molar-refractivity contribution is 9.10. The number of hydrogen-bond donors (Lipinski definition) is 2. The Labute approximate surface area is 112 Å². The molecule has 0 bridgehead atoms. The number of aliphatic hydroxyl groups is 1. The van der Waals surface area contributed by atoms with E-state index in [2.05, 4.69) is 15.9 Å². The normalized spacial score (nSPS) is 12.4. The van der Waals surface area contributed by atoms with Gasteiger partial charge in [-0.3, -0.25) is 0 Å². The van der Waals surface area contributed by atoms with Gasteiger partial charge in [0, 0.05) is 21.7 Å². The van der Waals surface area contributed by atoms with Gasteiger partial charge in [-0.25, -0.2) is 4.79 Å². The number of rotatable bonds is 6. The van der Waals surface area contributed by atoms with E-state index in [-0.39, 0.29) is 13.2 Å². The van der Waals surface area contributed by atoms with Crippen molar-refractivity contribution in [2.24, 2.45) is 0 Å². The Hall–Kier alpha value is -0.620. The number of halogens is 2. The Morgan fingerprint density at radius 2 is 2.24 bits per heavy atom. The second-order valence-electron chi connectivity index (χ2n) is 3.33. The van der Waals surface area contributed by atoms with Gasteiger partial charge in [0.15, 0.2) is 6.10 Å². The summed E-state index contributed by atoms with van der Waals surface area (Å²) < 4.78 is 5.84. The number of carboxylic acid groups (broad SMARTS) is 1. The molecule has 0 spiro atoms. The third-order valence-corrected chi connectivity index (χ3v) is 3.01. The van der Waals surface area contributed by atoms with Gasteiger partial charge in [-0.1, -0.05) is 27.5 Å². The minimum absolute atomic E-state index is 0.0386. The Morgan fingerprint density at radius 1 is 1.53 bits per heavy atom. The summed E-state index contributed by atoms with van der Waals surface area (Å²) in [7, 11) is 0. The van der Waals surface area contributed by atoms with Crippen LogP contribution in [0.1, 0.15) is 18.1 Å². The number of benzene rings is 1. The molecule has 0 aliphatic carbocycles. The standard InChI is InChI=1S/C11H12BrClO4/c12-9-3-2-7(13)6-8(9)10(11(15)16)17-5-1-4-14/h2-3,6,10,14H,1,4-5H2,(H,15,16). The molecule has 0 saturated heterocycles. The van der Waals surface area contributed by atoms with Crippen LogP contribution in [0.2, 0.25) is 5.02 Å². The van der Waals surface area contributed by atoms with Crippen LogP contribution in [0.25, 0.3) is 0 Å². The van der Waals surface area contributed by atoms with Gasteiger partial charge in [0.05, 0.1) is 6.61 Å². The average Bonchev–Trinajstić information content (AvgIpc) is 2.28. The molecule has 0 fully saturated rings. The highest BCUT2D eigenvalue weighted by Gasteiger charge is 2.23. The molecule has 0 heterocycles. The average molecular weight is 324 g/mol. The first-order valence-corrected chi connectivity index (χ1v) is 6.13. The smallest absolute Gasteiger partial charge is 0.337 e. The SMILES string of the molecule is O=C(O)C(OCCCO)c1cc(Cl)ccc1Br. The number of carboxylic acids is 1. The van der Waals surface area contributed by atoms with E-state index >= 15 is 0 Å². The predicted octanol–water partition coefficient (Wildman–Crippen LogP) is 2.63. The van der Waals surface area contributed by atoms with Crippen LogP contribution in [-0.2, 0) is 9.53 Å². The lowest BCUT2D eigenvalue weighted by Crippen LogP contribution is -2.17. The fourth-order valence-electron chi connectivity index (χ4n) is 1.28. The summed E-state index contributed by atoms with van der Waals surface area (Å²) >= 11 is 9.07. The maximum Gasteiger partial charge on any atom is 0.337 e. The van der Waals surface area contributed by atoms with Gasteiger partial charge < -0.3 is 14.9 Å². The quantitative estimate of drug-likeness (QED) is 0.790. The van der Waals surface area contributed by atoms with E-state index < -0.39 is 12.1 Å². The molecule has 1 rings (SSSR count). The molecule has 0 aromatic heterocycles. The molecule has 94 valence electrons. The lowest BCUT2D eigenvalue weighted by atomic mass is 10.1. The summed E-state index contributed by atoms with van der Waals surface area (Å²) in [6.07, 6.45) is -0.697. The van der Waals surface area contributed by atoms with Gasteiger partial charge in [0.2, 0.25) is 0 Å². The monoisotopic (exact) mass is 322 g/mol. The van der Waals surface area contributed by atoms with Crippen LogP contribution >= 0.6 is 27.5 Å². The highest BCUT2D eigenvalue weighted by atomic mass is 79.9. The first-order valence-electron chi connectivity index (χ1n) is 4.96.